The third kappa shape index (κ3) is 1.67. The quantitative estimate of drug-likeness (QED) is 0.760. The number of nitrogens with zero attached hydrogens (tertiary/aromatic N) is 2. The first-order chi connectivity index (χ1) is 8.13. The fraction of sp³-hybridized carbons (Fsp3) is 0.250. The van der Waals surface area contributed by atoms with Crippen molar-refractivity contribution in [2.24, 2.45) is 0 Å². The standard InChI is InChI=1S/C8H9N2O6P/c1-12-7-3-6(4-8(5-7)13-2)9-10-15-17(11,14-9)16-10/h3-5H,1-2H3. The Kier molecular flexibility index (Phi) is 2.29. The molecule has 17 heavy (non-hydrogen) atoms. The van der Waals surface area contributed by atoms with Gasteiger partial charge in [0.2, 0.25) is 0 Å². The number of rotatable bonds is 3. The minimum Gasteiger partial charge on any atom is -0.497 e. The molecule has 0 amide bonds. The molecule has 3 fully saturated rings. The fourth-order valence-electron chi connectivity index (χ4n) is 1.44. The van der Waals surface area contributed by atoms with E-state index in [4.69, 9.17) is 23.3 Å². The summed E-state index contributed by atoms with van der Waals surface area (Å²) in [5, 5.41) is 2.00. The number of fused-ring (bicyclic) bond motifs is 1. The molecule has 9 heteroatoms. The molecule has 92 valence electrons. The predicted molar refractivity (Wildman–Crippen MR) is 54.7 cm³/mol. The van der Waals surface area contributed by atoms with Gasteiger partial charge in [-0.25, -0.2) is 4.57 Å². The molecule has 2 bridgehead atoms. The van der Waals surface area contributed by atoms with Gasteiger partial charge in [-0.05, 0) is 0 Å². The predicted octanol–water partition coefficient (Wildman–Crippen LogP) is 1.66. The summed E-state index contributed by atoms with van der Waals surface area (Å²) in [7, 11) is -0.345. The molecule has 1 aromatic rings. The van der Waals surface area contributed by atoms with Crippen LogP contribution in [0.4, 0.5) is 5.69 Å². The van der Waals surface area contributed by atoms with Crippen molar-refractivity contribution in [3.05, 3.63) is 18.2 Å². The van der Waals surface area contributed by atoms with Crippen LogP contribution in [-0.2, 0) is 18.4 Å². The monoisotopic (exact) mass is 260 g/mol. The molecule has 0 aromatic heterocycles. The minimum absolute atomic E-state index is 0.511. The van der Waals surface area contributed by atoms with Crippen LogP contribution < -0.4 is 14.6 Å². The molecule has 3 aliphatic heterocycles. The van der Waals surface area contributed by atoms with Gasteiger partial charge in [-0.2, -0.15) is 0 Å². The first-order valence-corrected chi connectivity index (χ1v) is 6.12. The number of phosphoric acid groups is 1. The molecule has 0 N–H and O–H groups in total. The first-order valence-electron chi connectivity index (χ1n) is 4.66. The van der Waals surface area contributed by atoms with Crippen LogP contribution in [0.15, 0.2) is 18.2 Å². The van der Waals surface area contributed by atoms with E-state index in [-0.39, 0.29) is 0 Å². The van der Waals surface area contributed by atoms with Crippen LogP contribution in [0.5, 0.6) is 11.5 Å². The molecule has 3 saturated heterocycles. The average molecular weight is 260 g/mol. The summed E-state index contributed by atoms with van der Waals surface area (Å²) in [6.07, 6.45) is 0. The maximum Gasteiger partial charge on any atom is 0.538 e. The van der Waals surface area contributed by atoms with Gasteiger partial charge in [0.15, 0.2) is 0 Å². The molecule has 0 radical (unpaired) electrons. The van der Waals surface area contributed by atoms with E-state index >= 15 is 0 Å². The largest absolute Gasteiger partial charge is 0.538 e. The number of anilines is 1. The summed E-state index contributed by atoms with van der Waals surface area (Å²) in [5.41, 5.74) is 0.511. The smallest absolute Gasteiger partial charge is 0.497 e. The highest BCUT2D eigenvalue weighted by Gasteiger charge is 2.60. The van der Waals surface area contributed by atoms with E-state index in [2.05, 4.69) is 0 Å². The fourth-order valence-corrected chi connectivity index (χ4v) is 2.33. The van der Waals surface area contributed by atoms with Crippen molar-refractivity contribution in [1.29, 1.82) is 0 Å². The van der Waals surface area contributed by atoms with E-state index in [9.17, 15) is 4.57 Å². The second-order valence-electron chi connectivity index (χ2n) is 3.27. The van der Waals surface area contributed by atoms with Gasteiger partial charge >= 0.3 is 7.82 Å². The van der Waals surface area contributed by atoms with Gasteiger partial charge in [0.05, 0.1) is 25.2 Å². The summed E-state index contributed by atoms with van der Waals surface area (Å²) in [4.78, 5) is 0. The second-order valence-corrected chi connectivity index (χ2v) is 4.66. The van der Waals surface area contributed by atoms with Crippen LogP contribution >= 0.6 is 7.82 Å². The maximum atomic E-state index is 11.4. The lowest BCUT2D eigenvalue weighted by molar-refractivity contribution is -0.318. The van der Waals surface area contributed by atoms with Crippen LogP contribution in [0.3, 0.4) is 0 Å². The average Bonchev–Trinajstić information content (AvgIpc) is 2.81. The van der Waals surface area contributed by atoms with Crippen LogP contribution in [-0.4, -0.2) is 19.6 Å². The Balaban J connectivity index is 1.95. The van der Waals surface area contributed by atoms with Gasteiger partial charge in [0.25, 0.3) is 0 Å². The molecule has 0 aliphatic carbocycles. The number of ether oxygens (including phenoxy) is 2. The summed E-state index contributed by atoms with van der Waals surface area (Å²) in [6.45, 7) is 0. The SMILES string of the molecule is COc1cc(OC)cc(N2OP3(=O)ON2O3)c1. The van der Waals surface area contributed by atoms with E-state index in [1.165, 1.54) is 14.2 Å². The van der Waals surface area contributed by atoms with Gasteiger partial charge < -0.3 is 9.47 Å². The maximum absolute atomic E-state index is 11.4. The highest BCUT2D eigenvalue weighted by atomic mass is 31.2. The van der Waals surface area contributed by atoms with Gasteiger partial charge in [0, 0.05) is 18.2 Å². The Bertz CT molecular complexity index is 477. The van der Waals surface area contributed by atoms with Crippen molar-refractivity contribution < 1.29 is 27.9 Å². The third-order valence-electron chi connectivity index (χ3n) is 2.22. The van der Waals surface area contributed by atoms with Crippen molar-refractivity contribution in [3.63, 3.8) is 0 Å². The Morgan fingerprint density at radius 1 is 1.06 bits per heavy atom. The molecule has 0 atom stereocenters. The number of hydrogen-bond acceptors (Lipinski definition) is 8. The van der Waals surface area contributed by atoms with Crippen molar-refractivity contribution in [3.8, 4) is 11.5 Å². The first kappa shape index (κ1) is 10.8. The molecule has 8 nitrogen and oxygen atoms in total. The topological polar surface area (TPSA) is 69.7 Å². The third-order valence-corrected chi connectivity index (χ3v) is 3.26. The van der Waals surface area contributed by atoms with Gasteiger partial charge in [-0.1, -0.05) is 0 Å². The van der Waals surface area contributed by atoms with Crippen LogP contribution in [0.1, 0.15) is 0 Å². The molecule has 0 spiro atoms. The van der Waals surface area contributed by atoms with E-state index < -0.39 is 7.82 Å². The Morgan fingerprint density at radius 2 is 1.65 bits per heavy atom. The van der Waals surface area contributed by atoms with E-state index in [0.29, 0.717) is 17.2 Å². The Morgan fingerprint density at radius 3 is 2.06 bits per heavy atom. The summed E-state index contributed by atoms with van der Waals surface area (Å²) < 4.78 is 36.0. The summed E-state index contributed by atoms with van der Waals surface area (Å²) in [5.74, 6) is 1.12. The number of benzene rings is 1. The minimum atomic E-state index is -3.40. The van der Waals surface area contributed by atoms with Crippen molar-refractivity contribution >= 4 is 13.5 Å². The van der Waals surface area contributed by atoms with Gasteiger partial charge in [-0.15, -0.1) is 19.0 Å². The van der Waals surface area contributed by atoms with E-state index in [1.54, 1.807) is 18.2 Å². The molecule has 1 aromatic carbocycles. The zero-order valence-electron chi connectivity index (χ0n) is 9.02. The summed E-state index contributed by atoms with van der Waals surface area (Å²) >= 11 is 0. The highest BCUT2D eigenvalue weighted by Crippen LogP contribution is 2.67. The summed E-state index contributed by atoms with van der Waals surface area (Å²) in [6, 6.07) is 5.01. The zero-order valence-corrected chi connectivity index (χ0v) is 9.92. The Hall–Kier alpha value is -1.31. The van der Waals surface area contributed by atoms with E-state index in [0.717, 1.165) is 10.5 Å². The van der Waals surface area contributed by atoms with E-state index in [1.807, 2.05) is 0 Å². The van der Waals surface area contributed by atoms with Gasteiger partial charge in [-0.3, -0.25) is 0 Å². The lowest BCUT2D eigenvalue weighted by atomic mass is 10.3. The lowest BCUT2D eigenvalue weighted by Crippen LogP contribution is -2.34. The van der Waals surface area contributed by atoms with Crippen molar-refractivity contribution in [2.45, 2.75) is 0 Å². The van der Waals surface area contributed by atoms with Crippen LogP contribution in [0.25, 0.3) is 0 Å². The Labute approximate surface area is 96.6 Å². The molecule has 4 rings (SSSR count). The zero-order chi connectivity index (χ0) is 12.0. The van der Waals surface area contributed by atoms with Crippen molar-refractivity contribution in [2.75, 3.05) is 19.4 Å². The number of methoxy groups -OCH3 is 2. The number of hydrazine groups is 1. The van der Waals surface area contributed by atoms with Crippen LogP contribution in [0, 0.1) is 0 Å². The van der Waals surface area contributed by atoms with Gasteiger partial charge in [0.1, 0.15) is 11.5 Å². The molecule has 3 aliphatic rings. The second kappa shape index (κ2) is 3.59. The highest BCUT2D eigenvalue weighted by molar-refractivity contribution is 7.49. The molecular formula is C8H9N2O6P. The van der Waals surface area contributed by atoms with Crippen molar-refractivity contribution in [1.82, 2.24) is 5.34 Å². The molecule has 0 unspecified atom stereocenters. The van der Waals surface area contributed by atoms with Crippen LogP contribution in [0.2, 0.25) is 0 Å². The molecule has 0 saturated carbocycles. The lowest BCUT2D eigenvalue weighted by Gasteiger charge is -2.21. The molecule has 3 heterocycles. The molecular weight excluding hydrogens is 251 g/mol. The number of hydrogen-bond donors (Lipinski definition) is 0. The normalized spacial score (nSPS) is 30.0.